The normalized spacial score (nSPS) is 20.0. The third kappa shape index (κ3) is 3.28. The quantitative estimate of drug-likeness (QED) is 0.673. The minimum absolute atomic E-state index is 0.186. The maximum absolute atomic E-state index is 14.2. The topological polar surface area (TPSA) is 87.5 Å². The highest BCUT2D eigenvalue weighted by molar-refractivity contribution is 6.02. The molecule has 1 aliphatic heterocycles. The van der Waals surface area contributed by atoms with E-state index in [1.807, 2.05) is 7.05 Å². The van der Waals surface area contributed by atoms with Gasteiger partial charge in [0.05, 0.1) is 23.8 Å². The summed E-state index contributed by atoms with van der Waals surface area (Å²) in [4.78, 5) is 27.6. The van der Waals surface area contributed by atoms with Gasteiger partial charge in [0, 0.05) is 37.1 Å². The van der Waals surface area contributed by atoms with Crippen LogP contribution in [0.3, 0.4) is 0 Å². The molecule has 0 bridgehead atoms. The fraction of sp³-hybridized carbons (Fsp3) is 0.429. The van der Waals surface area contributed by atoms with E-state index in [0.29, 0.717) is 22.8 Å². The molecule has 2 N–H and O–H groups in total. The number of aryl methyl sites for hydroxylation is 1. The minimum atomic E-state index is -0.499. The number of pyridine rings is 1. The van der Waals surface area contributed by atoms with Gasteiger partial charge in [-0.25, -0.2) is 19.3 Å². The Kier molecular flexibility index (Phi) is 4.43. The molecule has 9 heteroatoms. The van der Waals surface area contributed by atoms with Gasteiger partial charge in [0.1, 0.15) is 11.5 Å². The third-order valence-electron chi connectivity index (χ3n) is 6.34. The number of nitrogens with one attached hydrogen (secondary N) is 2. The largest absolute Gasteiger partial charge is 0.355 e. The van der Waals surface area contributed by atoms with Gasteiger partial charge in [-0.05, 0) is 39.2 Å². The minimum Gasteiger partial charge on any atom is -0.355 e. The molecule has 0 radical (unpaired) electrons. The second-order valence-corrected chi connectivity index (χ2v) is 8.24. The van der Waals surface area contributed by atoms with Crippen LogP contribution in [0.1, 0.15) is 35.4 Å². The summed E-state index contributed by atoms with van der Waals surface area (Å²) >= 11 is 0. The molecule has 1 saturated carbocycles. The van der Waals surface area contributed by atoms with Crippen molar-refractivity contribution < 1.29 is 9.18 Å². The molecule has 30 heavy (non-hydrogen) atoms. The number of carbonyl (C=O) groups excluding carboxylic acids is 1. The molecule has 156 valence electrons. The van der Waals surface area contributed by atoms with Gasteiger partial charge in [0.15, 0.2) is 11.5 Å². The molecule has 1 aliphatic carbocycles. The van der Waals surface area contributed by atoms with Gasteiger partial charge in [-0.1, -0.05) is 0 Å². The van der Waals surface area contributed by atoms with Crippen LogP contribution in [-0.2, 0) is 0 Å². The maximum atomic E-state index is 14.2. The molecule has 5 rings (SSSR count). The summed E-state index contributed by atoms with van der Waals surface area (Å²) in [7, 11) is 2.04. The summed E-state index contributed by atoms with van der Waals surface area (Å²) in [5.41, 5.74) is 1.74. The molecule has 1 atom stereocenters. The molecule has 4 heterocycles. The maximum Gasteiger partial charge on any atom is 0.275 e. The van der Waals surface area contributed by atoms with E-state index in [2.05, 4.69) is 30.5 Å². The average molecular weight is 409 g/mol. The van der Waals surface area contributed by atoms with Crippen LogP contribution in [0.15, 0.2) is 30.9 Å². The van der Waals surface area contributed by atoms with E-state index in [4.69, 9.17) is 0 Å². The lowest BCUT2D eigenvalue weighted by atomic mass is 9.97. The Labute approximate surface area is 173 Å². The molecule has 1 amide bonds. The Morgan fingerprint density at radius 3 is 2.80 bits per heavy atom. The van der Waals surface area contributed by atoms with Crippen LogP contribution in [0.4, 0.5) is 15.9 Å². The van der Waals surface area contributed by atoms with Crippen molar-refractivity contribution >= 4 is 23.1 Å². The van der Waals surface area contributed by atoms with Crippen LogP contribution in [0.2, 0.25) is 0 Å². The Balaban J connectivity index is 1.27. The Morgan fingerprint density at radius 1 is 1.27 bits per heavy atom. The van der Waals surface area contributed by atoms with Crippen molar-refractivity contribution in [3.8, 4) is 0 Å². The smallest absolute Gasteiger partial charge is 0.275 e. The molecule has 0 spiro atoms. The summed E-state index contributed by atoms with van der Waals surface area (Å²) in [5.74, 6) is 0.461. The first kappa shape index (κ1) is 18.9. The second-order valence-electron chi connectivity index (χ2n) is 8.24. The number of hydrogen-bond acceptors (Lipinski definition) is 6. The first-order chi connectivity index (χ1) is 14.5. The van der Waals surface area contributed by atoms with Gasteiger partial charge in [-0.2, -0.15) is 0 Å². The Bertz CT molecular complexity index is 1110. The number of fused-ring (bicyclic) bond motifs is 1. The van der Waals surface area contributed by atoms with Crippen molar-refractivity contribution in [2.75, 3.05) is 30.4 Å². The number of imidazole rings is 1. The first-order valence-electron chi connectivity index (χ1n) is 10.2. The lowest BCUT2D eigenvalue weighted by Crippen LogP contribution is -2.37. The zero-order chi connectivity index (χ0) is 20.9. The van der Waals surface area contributed by atoms with Crippen molar-refractivity contribution in [1.82, 2.24) is 24.7 Å². The molecule has 1 unspecified atom stereocenters. The van der Waals surface area contributed by atoms with Gasteiger partial charge < -0.3 is 19.9 Å². The highest BCUT2D eigenvalue weighted by Crippen LogP contribution is 2.46. The molecule has 2 fully saturated rings. The number of rotatable bonds is 5. The van der Waals surface area contributed by atoms with Crippen LogP contribution in [-0.4, -0.2) is 50.9 Å². The number of halogens is 1. The van der Waals surface area contributed by atoms with Crippen molar-refractivity contribution in [2.24, 2.45) is 5.92 Å². The molecular formula is C21H24FN7O. The highest BCUT2D eigenvalue weighted by Gasteiger charge is 2.50. The van der Waals surface area contributed by atoms with E-state index in [1.54, 1.807) is 29.9 Å². The number of hydrogen-bond donors (Lipinski definition) is 2. The van der Waals surface area contributed by atoms with Gasteiger partial charge in [0.25, 0.3) is 5.91 Å². The summed E-state index contributed by atoms with van der Waals surface area (Å²) in [6.07, 6.45) is 10.0. The van der Waals surface area contributed by atoms with Gasteiger partial charge in [0.2, 0.25) is 0 Å². The summed E-state index contributed by atoms with van der Waals surface area (Å²) in [5, 5.41) is 6.16. The van der Waals surface area contributed by atoms with E-state index in [1.165, 1.54) is 25.1 Å². The Hall–Kier alpha value is -3.07. The molecule has 3 aromatic rings. The number of nitrogens with zero attached hydrogens (tertiary/aromatic N) is 5. The SMILES string of the molecule is CNC1(C2CCN(c3cnc(C(=O)Nc4cc(F)c5nc(C)cn5c4)cn3)C2)CC1. The standard InChI is InChI=1S/C21H24FN7O/c1-13-10-29-12-15(7-16(22)19(29)26-13)27-20(30)17-8-25-18(9-24-17)28-6-3-14(11-28)21(23-2)4-5-21/h7-10,12,14,23H,3-6,11H2,1-2H3,(H,27,30). The number of aromatic nitrogens is 4. The average Bonchev–Trinajstić information content (AvgIpc) is 3.20. The third-order valence-corrected chi connectivity index (χ3v) is 6.34. The van der Waals surface area contributed by atoms with Crippen molar-refractivity contribution in [3.63, 3.8) is 0 Å². The molecular weight excluding hydrogens is 385 g/mol. The van der Waals surface area contributed by atoms with Crippen molar-refractivity contribution in [2.45, 2.75) is 31.7 Å². The summed E-state index contributed by atoms with van der Waals surface area (Å²) in [6, 6.07) is 1.25. The fourth-order valence-corrected chi connectivity index (χ4v) is 4.46. The van der Waals surface area contributed by atoms with Crippen LogP contribution >= 0.6 is 0 Å². The predicted molar refractivity (Wildman–Crippen MR) is 111 cm³/mol. The van der Waals surface area contributed by atoms with Crippen LogP contribution < -0.4 is 15.5 Å². The number of amides is 1. The zero-order valence-electron chi connectivity index (χ0n) is 17.0. The van der Waals surface area contributed by atoms with E-state index >= 15 is 0 Å². The molecule has 3 aromatic heterocycles. The predicted octanol–water partition coefficient (Wildman–Crippen LogP) is 2.40. The lowest BCUT2D eigenvalue weighted by Gasteiger charge is -2.23. The van der Waals surface area contributed by atoms with E-state index in [9.17, 15) is 9.18 Å². The molecule has 0 aromatic carbocycles. The van der Waals surface area contributed by atoms with Gasteiger partial charge in [-0.15, -0.1) is 0 Å². The summed E-state index contributed by atoms with van der Waals surface area (Å²) in [6.45, 7) is 3.68. The van der Waals surface area contributed by atoms with Crippen LogP contribution in [0.5, 0.6) is 0 Å². The first-order valence-corrected chi connectivity index (χ1v) is 10.2. The second kappa shape index (κ2) is 7.02. The molecule has 1 saturated heterocycles. The molecule has 2 aliphatic rings. The number of carbonyl (C=O) groups is 1. The van der Waals surface area contributed by atoms with E-state index in [-0.39, 0.29) is 11.3 Å². The number of anilines is 2. The zero-order valence-corrected chi connectivity index (χ0v) is 17.0. The fourth-order valence-electron chi connectivity index (χ4n) is 4.46. The van der Waals surface area contributed by atoms with Crippen molar-refractivity contribution in [3.05, 3.63) is 48.1 Å². The Morgan fingerprint density at radius 2 is 2.10 bits per heavy atom. The van der Waals surface area contributed by atoms with Gasteiger partial charge >= 0.3 is 0 Å². The monoisotopic (exact) mass is 409 g/mol. The highest BCUT2D eigenvalue weighted by atomic mass is 19.1. The van der Waals surface area contributed by atoms with E-state index < -0.39 is 11.7 Å². The summed E-state index contributed by atoms with van der Waals surface area (Å²) < 4.78 is 15.8. The van der Waals surface area contributed by atoms with Crippen LogP contribution in [0.25, 0.3) is 5.65 Å². The van der Waals surface area contributed by atoms with Crippen molar-refractivity contribution in [1.29, 1.82) is 0 Å². The van der Waals surface area contributed by atoms with Crippen LogP contribution in [0, 0.1) is 18.7 Å². The molecule has 8 nitrogen and oxygen atoms in total. The van der Waals surface area contributed by atoms with Gasteiger partial charge in [-0.3, -0.25) is 4.79 Å². The lowest BCUT2D eigenvalue weighted by molar-refractivity contribution is 0.102. The van der Waals surface area contributed by atoms with E-state index in [0.717, 1.165) is 25.3 Å².